The van der Waals surface area contributed by atoms with Crippen molar-refractivity contribution >= 4 is 27.3 Å². The van der Waals surface area contributed by atoms with E-state index in [0.717, 1.165) is 26.9 Å². The van der Waals surface area contributed by atoms with E-state index >= 15 is 0 Å². The zero-order valence-electron chi connectivity index (χ0n) is 11.7. The third-order valence-electron chi connectivity index (χ3n) is 3.10. The molecule has 0 fully saturated rings. The van der Waals surface area contributed by atoms with Crippen LogP contribution in [0.4, 0.5) is 11.4 Å². The topological polar surface area (TPSA) is 78.4 Å². The number of hydrogen-bond donors (Lipinski definition) is 1. The lowest BCUT2D eigenvalue weighted by Gasteiger charge is -2.10. The normalized spacial score (nSPS) is 10.4. The predicted molar refractivity (Wildman–Crippen MR) is 85.5 cm³/mol. The molecule has 0 bridgehead atoms. The number of aryl methyl sites for hydroxylation is 2. The average molecular weight is 351 g/mol. The lowest BCUT2D eigenvalue weighted by Crippen LogP contribution is -2.00. The number of nitrogens with two attached hydrogens (primary N) is 1. The van der Waals surface area contributed by atoms with Crippen molar-refractivity contribution in [3.05, 3.63) is 61.6 Å². The summed E-state index contributed by atoms with van der Waals surface area (Å²) in [5, 5.41) is 10.7. The minimum absolute atomic E-state index is 0.0888. The molecule has 0 aliphatic rings. The molecule has 5 nitrogen and oxygen atoms in total. The third-order valence-corrected chi connectivity index (χ3v) is 4.35. The summed E-state index contributed by atoms with van der Waals surface area (Å²) in [5.74, 6) is 0.755. The van der Waals surface area contributed by atoms with Crippen LogP contribution in [-0.2, 0) is 6.61 Å². The number of nitro benzene ring substituents is 1. The maximum Gasteiger partial charge on any atom is 0.292 e. The second kappa shape index (κ2) is 6.13. The number of hydrogen-bond acceptors (Lipinski definition) is 4. The number of rotatable bonds is 4. The summed E-state index contributed by atoms with van der Waals surface area (Å²) >= 11 is 3.50. The van der Waals surface area contributed by atoms with Crippen molar-refractivity contribution in [1.82, 2.24) is 0 Å². The molecule has 2 rings (SSSR count). The van der Waals surface area contributed by atoms with Gasteiger partial charge >= 0.3 is 0 Å². The van der Waals surface area contributed by atoms with E-state index in [0.29, 0.717) is 6.61 Å². The van der Waals surface area contributed by atoms with E-state index in [1.807, 2.05) is 26.0 Å². The van der Waals surface area contributed by atoms with Gasteiger partial charge in [-0.3, -0.25) is 10.1 Å². The van der Waals surface area contributed by atoms with Crippen LogP contribution < -0.4 is 10.5 Å². The Morgan fingerprint density at radius 3 is 2.38 bits per heavy atom. The Morgan fingerprint density at radius 2 is 1.86 bits per heavy atom. The summed E-state index contributed by atoms with van der Waals surface area (Å²) in [4.78, 5) is 10.2. The van der Waals surface area contributed by atoms with Crippen molar-refractivity contribution in [2.45, 2.75) is 20.5 Å². The van der Waals surface area contributed by atoms with Crippen LogP contribution in [0, 0.1) is 24.0 Å². The number of nitrogens with zero attached hydrogens (tertiary/aromatic N) is 1. The maximum atomic E-state index is 10.7. The molecule has 0 atom stereocenters. The first-order valence-electron chi connectivity index (χ1n) is 6.31. The Hall–Kier alpha value is -2.08. The van der Waals surface area contributed by atoms with Gasteiger partial charge in [0.05, 0.1) is 4.92 Å². The third kappa shape index (κ3) is 3.52. The number of benzene rings is 2. The summed E-state index contributed by atoms with van der Waals surface area (Å²) in [6.45, 7) is 4.30. The molecule has 110 valence electrons. The van der Waals surface area contributed by atoms with E-state index in [-0.39, 0.29) is 11.4 Å². The van der Waals surface area contributed by atoms with Crippen LogP contribution in [-0.4, -0.2) is 4.92 Å². The molecular weight excluding hydrogens is 336 g/mol. The van der Waals surface area contributed by atoms with Crippen LogP contribution in [0.1, 0.15) is 16.7 Å². The van der Waals surface area contributed by atoms with E-state index in [2.05, 4.69) is 15.9 Å². The van der Waals surface area contributed by atoms with E-state index in [9.17, 15) is 10.1 Å². The number of ether oxygens (including phenoxy) is 1. The quantitative estimate of drug-likeness (QED) is 0.510. The standard InChI is InChI=1S/C15H15BrN2O3/c1-9-5-12(6-10(2)15(9)16)21-8-11-3-4-14(18(19)20)13(17)7-11/h3-7H,8,17H2,1-2H3. The molecule has 2 aromatic rings. The van der Waals surface area contributed by atoms with Gasteiger partial charge in [0.25, 0.3) is 5.69 Å². The second-order valence-electron chi connectivity index (χ2n) is 4.81. The summed E-state index contributed by atoms with van der Waals surface area (Å²) in [5.41, 5.74) is 8.68. The van der Waals surface area contributed by atoms with Gasteiger partial charge in [0.2, 0.25) is 0 Å². The van der Waals surface area contributed by atoms with Crippen molar-refractivity contribution in [1.29, 1.82) is 0 Å². The van der Waals surface area contributed by atoms with E-state index < -0.39 is 4.92 Å². The fourth-order valence-corrected chi connectivity index (χ4v) is 2.25. The Bertz CT molecular complexity index is 678. The molecule has 0 unspecified atom stereocenters. The van der Waals surface area contributed by atoms with Crippen molar-refractivity contribution < 1.29 is 9.66 Å². The minimum atomic E-state index is -0.499. The van der Waals surface area contributed by atoms with E-state index in [1.165, 1.54) is 6.07 Å². The first-order chi connectivity index (χ1) is 9.88. The highest BCUT2D eigenvalue weighted by Gasteiger charge is 2.11. The lowest BCUT2D eigenvalue weighted by molar-refractivity contribution is -0.383. The van der Waals surface area contributed by atoms with E-state index in [1.54, 1.807) is 12.1 Å². The largest absolute Gasteiger partial charge is 0.489 e. The summed E-state index contributed by atoms with van der Waals surface area (Å²) in [6, 6.07) is 8.48. The molecule has 2 aromatic carbocycles. The number of halogens is 1. The molecule has 0 spiro atoms. The fraction of sp³-hybridized carbons (Fsp3) is 0.200. The van der Waals surface area contributed by atoms with Gasteiger partial charge in [-0.25, -0.2) is 0 Å². The van der Waals surface area contributed by atoms with Gasteiger partial charge in [-0.1, -0.05) is 15.9 Å². The molecule has 0 saturated carbocycles. The highest BCUT2D eigenvalue weighted by atomic mass is 79.9. The molecule has 0 aliphatic heterocycles. The summed E-state index contributed by atoms with van der Waals surface area (Å²) < 4.78 is 6.78. The van der Waals surface area contributed by atoms with Crippen molar-refractivity contribution in [3.63, 3.8) is 0 Å². The maximum absolute atomic E-state index is 10.7. The number of nitrogen functional groups attached to an aromatic ring is 1. The number of nitro groups is 1. The van der Waals surface area contributed by atoms with Crippen molar-refractivity contribution in [2.75, 3.05) is 5.73 Å². The smallest absolute Gasteiger partial charge is 0.292 e. The lowest BCUT2D eigenvalue weighted by atomic mass is 10.1. The molecule has 0 radical (unpaired) electrons. The molecule has 0 aliphatic carbocycles. The van der Waals surface area contributed by atoms with Gasteiger partial charge < -0.3 is 10.5 Å². The molecule has 0 aromatic heterocycles. The van der Waals surface area contributed by atoms with Crippen molar-refractivity contribution in [2.24, 2.45) is 0 Å². The first kappa shape index (κ1) is 15.3. The molecular formula is C15H15BrN2O3. The molecule has 0 heterocycles. The SMILES string of the molecule is Cc1cc(OCc2ccc([N+](=O)[O-])c(N)c2)cc(C)c1Br. The molecule has 2 N–H and O–H groups in total. The second-order valence-corrected chi connectivity index (χ2v) is 5.60. The van der Waals surface area contributed by atoms with Crippen LogP contribution in [0.5, 0.6) is 5.75 Å². The first-order valence-corrected chi connectivity index (χ1v) is 7.10. The number of anilines is 1. The van der Waals surface area contributed by atoms with Crippen LogP contribution in [0.15, 0.2) is 34.8 Å². The van der Waals surface area contributed by atoms with Gasteiger partial charge in [-0.05, 0) is 54.8 Å². The monoisotopic (exact) mass is 350 g/mol. The molecule has 6 heteroatoms. The summed E-state index contributed by atoms with van der Waals surface area (Å²) in [7, 11) is 0. The van der Waals surface area contributed by atoms with Gasteiger partial charge in [-0.15, -0.1) is 0 Å². The Morgan fingerprint density at radius 1 is 1.24 bits per heavy atom. The Kier molecular flexibility index (Phi) is 4.47. The van der Waals surface area contributed by atoms with Gasteiger partial charge in [0, 0.05) is 10.5 Å². The molecule has 21 heavy (non-hydrogen) atoms. The van der Waals surface area contributed by atoms with Gasteiger partial charge in [0.15, 0.2) is 0 Å². The van der Waals surface area contributed by atoms with Gasteiger partial charge in [-0.2, -0.15) is 0 Å². The van der Waals surface area contributed by atoms with Gasteiger partial charge in [0.1, 0.15) is 18.0 Å². The molecule has 0 saturated heterocycles. The van der Waals surface area contributed by atoms with Crippen molar-refractivity contribution in [3.8, 4) is 5.75 Å². The Labute approximate surface area is 131 Å². The zero-order valence-corrected chi connectivity index (χ0v) is 13.3. The summed E-state index contributed by atoms with van der Waals surface area (Å²) in [6.07, 6.45) is 0. The average Bonchev–Trinajstić information content (AvgIpc) is 2.42. The van der Waals surface area contributed by atoms with Crippen LogP contribution in [0.3, 0.4) is 0 Å². The van der Waals surface area contributed by atoms with Crippen LogP contribution in [0.2, 0.25) is 0 Å². The van der Waals surface area contributed by atoms with Crippen LogP contribution >= 0.6 is 15.9 Å². The van der Waals surface area contributed by atoms with Crippen LogP contribution in [0.25, 0.3) is 0 Å². The predicted octanol–water partition coefficient (Wildman–Crippen LogP) is 4.14. The molecule has 0 amide bonds. The van der Waals surface area contributed by atoms with E-state index in [4.69, 9.17) is 10.5 Å². The fourth-order valence-electron chi connectivity index (χ4n) is 2.02. The Balaban J connectivity index is 2.13. The zero-order chi connectivity index (χ0) is 15.6. The minimum Gasteiger partial charge on any atom is -0.489 e. The highest BCUT2D eigenvalue weighted by molar-refractivity contribution is 9.10. The highest BCUT2D eigenvalue weighted by Crippen LogP contribution is 2.27.